The lowest BCUT2D eigenvalue weighted by Gasteiger charge is -2.43. The first-order valence-electron chi connectivity index (χ1n) is 12.1. The highest BCUT2D eigenvalue weighted by molar-refractivity contribution is 6.07. The first kappa shape index (κ1) is 24.6. The molecule has 0 fully saturated rings. The van der Waals surface area contributed by atoms with Gasteiger partial charge in [0.15, 0.2) is 17.2 Å². The summed E-state index contributed by atoms with van der Waals surface area (Å²) in [5.74, 6) is 0.736. The summed E-state index contributed by atoms with van der Waals surface area (Å²) >= 11 is 0. The lowest BCUT2D eigenvalue weighted by molar-refractivity contribution is -0.132. The van der Waals surface area contributed by atoms with E-state index >= 15 is 0 Å². The van der Waals surface area contributed by atoms with Crippen molar-refractivity contribution in [1.82, 2.24) is 25.1 Å². The molecule has 4 rings (SSSR count). The molecular formula is C25H33N5O5. The number of amides is 3. The number of imidazole rings is 1. The molecule has 0 unspecified atom stereocenters. The Bertz CT molecular complexity index is 1130. The van der Waals surface area contributed by atoms with E-state index < -0.39 is 11.4 Å². The van der Waals surface area contributed by atoms with E-state index in [-0.39, 0.29) is 43.1 Å². The van der Waals surface area contributed by atoms with Crippen molar-refractivity contribution in [3.8, 4) is 11.5 Å². The quantitative estimate of drug-likeness (QED) is 0.566. The lowest BCUT2D eigenvalue weighted by Crippen LogP contribution is -2.64. The van der Waals surface area contributed by atoms with Gasteiger partial charge in [-0.1, -0.05) is 26.8 Å². The number of hydrogen-bond acceptors (Lipinski definition) is 6. The van der Waals surface area contributed by atoms with Gasteiger partial charge in [0, 0.05) is 19.6 Å². The standard InChI is InChI=1S/C25H33N5O5/c1-5-10-30-23(32)21-20(22(31)27-12-17-6-7-18-19(11-17)35-15-34-18)28-14-29(21)13-25(30,4)24(33)26-9-8-16(2)3/h6-7,11,14,16H,5,8-10,12-13,15H2,1-4H3,(H,26,33)(H,27,31)/t25-/m0/s1. The monoisotopic (exact) mass is 483 g/mol. The Morgan fingerprint density at radius 2 is 1.97 bits per heavy atom. The molecule has 188 valence electrons. The predicted octanol–water partition coefficient (Wildman–Crippen LogP) is 2.33. The zero-order valence-corrected chi connectivity index (χ0v) is 20.7. The molecule has 1 aromatic heterocycles. The van der Waals surface area contributed by atoms with Crippen LogP contribution in [0.15, 0.2) is 24.5 Å². The lowest BCUT2D eigenvalue weighted by atomic mass is 9.93. The van der Waals surface area contributed by atoms with Crippen LogP contribution in [0.4, 0.5) is 0 Å². The third-order valence-electron chi connectivity index (χ3n) is 6.41. The van der Waals surface area contributed by atoms with Gasteiger partial charge < -0.3 is 29.6 Å². The van der Waals surface area contributed by atoms with Crippen LogP contribution in [-0.4, -0.2) is 57.6 Å². The number of fused-ring (bicyclic) bond motifs is 2. The Hall–Kier alpha value is -3.56. The van der Waals surface area contributed by atoms with Gasteiger partial charge in [-0.15, -0.1) is 0 Å². The largest absolute Gasteiger partial charge is 0.454 e. The van der Waals surface area contributed by atoms with E-state index in [2.05, 4.69) is 29.5 Å². The van der Waals surface area contributed by atoms with Gasteiger partial charge in [0.25, 0.3) is 11.8 Å². The third-order valence-corrected chi connectivity index (χ3v) is 6.41. The number of rotatable bonds is 9. The first-order valence-corrected chi connectivity index (χ1v) is 12.1. The molecule has 10 nitrogen and oxygen atoms in total. The van der Waals surface area contributed by atoms with E-state index in [1.807, 2.05) is 19.1 Å². The average Bonchev–Trinajstić information content (AvgIpc) is 3.46. The highest BCUT2D eigenvalue weighted by atomic mass is 16.7. The van der Waals surface area contributed by atoms with Crippen LogP contribution in [0.5, 0.6) is 11.5 Å². The van der Waals surface area contributed by atoms with Crippen LogP contribution in [0.1, 0.15) is 67.1 Å². The number of nitrogens with one attached hydrogen (secondary N) is 2. The van der Waals surface area contributed by atoms with E-state index in [1.165, 1.54) is 6.33 Å². The smallest absolute Gasteiger partial charge is 0.273 e. The second kappa shape index (κ2) is 9.97. The minimum Gasteiger partial charge on any atom is -0.454 e. The fraction of sp³-hybridized carbons (Fsp3) is 0.520. The predicted molar refractivity (Wildman–Crippen MR) is 128 cm³/mol. The van der Waals surface area contributed by atoms with E-state index in [4.69, 9.17) is 9.47 Å². The van der Waals surface area contributed by atoms with Crippen molar-refractivity contribution in [3.05, 3.63) is 41.5 Å². The summed E-state index contributed by atoms with van der Waals surface area (Å²) in [6.45, 7) is 9.51. The van der Waals surface area contributed by atoms with Crippen LogP contribution < -0.4 is 20.1 Å². The summed E-state index contributed by atoms with van der Waals surface area (Å²) in [5.41, 5.74) is 0.0197. The molecule has 0 radical (unpaired) electrons. The number of carbonyl (C=O) groups is 3. The minimum atomic E-state index is -1.07. The molecule has 0 bridgehead atoms. The van der Waals surface area contributed by atoms with Crippen molar-refractivity contribution >= 4 is 17.7 Å². The molecule has 0 aliphatic carbocycles. The van der Waals surface area contributed by atoms with E-state index in [1.54, 1.807) is 22.5 Å². The van der Waals surface area contributed by atoms with Gasteiger partial charge in [0.05, 0.1) is 12.9 Å². The minimum absolute atomic E-state index is 0.0547. The fourth-order valence-electron chi connectivity index (χ4n) is 4.41. The number of nitrogens with zero attached hydrogens (tertiary/aromatic N) is 3. The topological polar surface area (TPSA) is 115 Å². The molecule has 35 heavy (non-hydrogen) atoms. The molecule has 3 heterocycles. The Morgan fingerprint density at radius 3 is 2.71 bits per heavy atom. The molecule has 10 heteroatoms. The average molecular weight is 484 g/mol. The van der Waals surface area contributed by atoms with E-state index in [0.717, 1.165) is 12.0 Å². The summed E-state index contributed by atoms with van der Waals surface area (Å²) in [6.07, 6.45) is 3.00. The van der Waals surface area contributed by atoms with Gasteiger partial charge in [-0.2, -0.15) is 0 Å². The number of hydrogen-bond donors (Lipinski definition) is 2. The van der Waals surface area contributed by atoms with Gasteiger partial charge >= 0.3 is 0 Å². The molecule has 0 saturated carbocycles. The number of benzene rings is 1. The molecule has 3 amide bonds. The van der Waals surface area contributed by atoms with E-state index in [0.29, 0.717) is 36.9 Å². The molecule has 2 aliphatic rings. The van der Waals surface area contributed by atoms with Crippen molar-refractivity contribution in [2.75, 3.05) is 19.9 Å². The molecular weight excluding hydrogens is 450 g/mol. The number of carbonyl (C=O) groups excluding carboxylic acids is 3. The van der Waals surface area contributed by atoms with E-state index in [9.17, 15) is 14.4 Å². The van der Waals surface area contributed by atoms with Crippen molar-refractivity contribution in [3.63, 3.8) is 0 Å². The maximum absolute atomic E-state index is 13.6. The van der Waals surface area contributed by atoms with Gasteiger partial charge in [0.2, 0.25) is 12.7 Å². The van der Waals surface area contributed by atoms with Crippen LogP contribution in [0.25, 0.3) is 0 Å². The molecule has 0 saturated heterocycles. The first-order chi connectivity index (χ1) is 16.7. The highest BCUT2D eigenvalue weighted by Gasteiger charge is 2.48. The van der Waals surface area contributed by atoms with Crippen LogP contribution in [0.3, 0.4) is 0 Å². The highest BCUT2D eigenvalue weighted by Crippen LogP contribution is 2.33. The second-order valence-corrected chi connectivity index (χ2v) is 9.61. The Kier molecular flexibility index (Phi) is 7.00. The molecule has 2 N–H and O–H groups in total. The Morgan fingerprint density at radius 1 is 1.20 bits per heavy atom. The van der Waals surface area contributed by atoms with Crippen LogP contribution in [0.2, 0.25) is 0 Å². The Balaban J connectivity index is 1.51. The Labute approximate surface area is 205 Å². The molecule has 1 aromatic carbocycles. The van der Waals surface area contributed by atoms with Gasteiger partial charge in [-0.3, -0.25) is 14.4 Å². The summed E-state index contributed by atoms with van der Waals surface area (Å²) < 4.78 is 12.3. The summed E-state index contributed by atoms with van der Waals surface area (Å²) in [5, 5.41) is 5.82. The van der Waals surface area contributed by atoms with Crippen molar-refractivity contribution in [2.24, 2.45) is 5.92 Å². The summed E-state index contributed by atoms with van der Waals surface area (Å²) in [4.78, 5) is 45.6. The zero-order valence-electron chi connectivity index (χ0n) is 20.7. The number of ether oxygens (including phenoxy) is 2. The van der Waals surface area contributed by atoms with Gasteiger partial charge in [0.1, 0.15) is 11.2 Å². The van der Waals surface area contributed by atoms with Gasteiger partial charge in [-0.25, -0.2) is 4.98 Å². The summed E-state index contributed by atoms with van der Waals surface area (Å²) in [6, 6.07) is 5.44. The van der Waals surface area contributed by atoms with Crippen molar-refractivity contribution < 1.29 is 23.9 Å². The SMILES string of the molecule is CCCN1C(=O)c2c(C(=O)NCc3ccc4c(c3)OCO4)ncn2C[C@@]1(C)C(=O)NCCC(C)C. The van der Waals surface area contributed by atoms with Crippen LogP contribution in [0, 0.1) is 5.92 Å². The maximum Gasteiger partial charge on any atom is 0.273 e. The zero-order chi connectivity index (χ0) is 25.2. The molecule has 0 spiro atoms. The molecule has 2 aromatic rings. The normalized spacial score (nSPS) is 18.5. The molecule has 2 aliphatic heterocycles. The maximum atomic E-state index is 13.6. The number of aromatic nitrogens is 2. The molecule has 1 atom stereocenters. The summed E-state index contributed by atoms with van der Waals surface area (Å²) in [7, 11) is 0. The third kappa shape index (κ3) is 4.82. The fourth-order valence-corrected chi connectivity index (χ4v) is 4.41. The van der Waals surface area contributed by atoms with Crippen LogP contribution >= 0.6 is 0 Å². The van der Waals surface area contributed by atoms with Crippen molar-refractivity contribution in [1.29, 1.82) is 0 Å². The van der Waals surface area contributed by atoms with Crippen LogP contribution in [-0.2, 0) is 17.9 Å². The van der Waals surface area contributed by atoms with Gasteiger partial charge in [-0.05, 0) is 43.4 Å². The van der Waals surface area contributed by atoms with Crippen molar-refractivity contribution in [2.45, 2.75) is 59.2 Å². The second-order valence-electron chi connectivity index (χ2n) is 9.61.